The molecule has 14 heavy (non-hydrogen) atoms. The smallest absolute Gasteiger partial charge is 0.328 e. The van der Waals surface area contributed by atoms with Crippen LogP contribution in [0, 0.1) is 0 Å². The van der Waals surface area contributed by atoms with Crippen molar-refractivity contribution in [1.82, 2.24) is 0 Å². The van der Waals surface area contributed by atoms with Crippen LogP contribution in [0.25, 0.3) is 6.08 Å². The predicted molar refractivity (Wildman–Crippen MR) is 55.1 cm³/mol. The minimum absolute atomic E-state index is 0.657. The summed E-state index contributed by atoms with van der Waals surface area (Å²) in [6.07, 6.45) is 5.34. The second-order valence-electron chi connectivity index (χ2n) is 3.57. The van der Waals surface area contributed by atoms with E-state index < -0.39 is 5.97 Å². The van der Waals surface area contributed by atoms with Gasteiger partial charge in [0.1, 0.15) is 0 Å². The van der Waals surface area contributed by atoms with Crippen LogP contribution in [0.15, 0.2) is 30.3 Å². The Hall–Kier alpha value is -1.57. The molecule has 1 aromatic carbocycles. The van der Waals surface area contributed by atoms with E-state index in [0.29, 0.717) is 5.92 Å². The molecule has 0 aromatic heterocycles. The topological polar surface area (TPSA) is 37.3 Å². The molecule has 0 atom stereocenters. The number of hydrogen-bond acceptors (Lipinski definition) is 1. The van der Waals surface area contributed by atoms with E-state index in [0.717, 1.165) is 5.56 Å². The van der Waals surface area contributed by atoms with E-state index in [2.05, 4.69) is 6.07 Å². The third-order valence-electron chi connectivity index (χ3n) is 2.42. The Morgan fingerprint density at radius 1 is 1.36 bits per heavy atom. The summed E-state index contributed by atoms with van der Waals surface area (Å²) in [5.41, 5.74) is 2.32. The van der Waals surface area contributed by atoms with E-state index in [1.165, 1.54) is 24.5 Å². The van der Waals surface area contributed by atoms with Crippen LogP contribution in [-0.2, 0) is 4.79 Å². The highest BCUT2D eigenvalue weighted by Crippen LogP contribution is 2.41. The van der Waals surface area contributed by atoms with Crippen molar-refractivity contribution in [3.05, 3.63) is 41.5 Å². The molecule has 1 aliphatic rings. The fraction of sp³-hybridized carbons (Fsp3) is 0.250. The van der Waals surface area contributed by atoms with E-state index in [4.69, 9.17) is 5.11 Å². The second kappa shape index (κ2) is 3.66. The number of aliphatic carboxylic acids is 1. The Bertz CT molecular complexity index is 376. The zero-order chi connectivity index (χ0) is 9.97. The van der Waals surface area contributed by atoms with Crippen molar-refractivity contribution in [2.45, 2.75) is 18.8 Å². The highest BCUT2D eigenvalue weighted by molar-refractivity contribution is 5.85. The highest BCUT2D eigenvalue weighted by Gasteiger charge is 2.24. The van der Waals surface area contributed by atoms with E-state index >= 15 is 0 Å². The normalized spacial score (nSPS) is 16.0. The van der Waals surface area contributed by atoms with Crippen LogP contribution in [0.4, 0.5) is 0 Å². The fourth-order valence-corrected chi connectivity index (χ4v) is 1.59. The summed E-state index contributed by atoms with van der Waals surface area (Å²) in [7, 11) is 0. The summed E-state index contributed by atoms with van der Waals surface area (Å²) >= 11 is 0. The van der Waals surface area contributed by atoms with Gasteiger partial charge >= 0.3 is 5.97 Å². The van der Waals surface area contributed by atoms with Crippen LogP contribution >= 0.6 is 0 Å². The molecule has 0 unspecified atom stereocenters. The van der Waals surface area contributed by atoms with Crippen LogP contribution in [0.3, 0.4) is 0 Å². The van der Waals surface area contributed by atoms with Gasteiger partial charge in [0.15, 0.2) is 0 Å². The Morgan fingerprint density at radius 3 is 2.71 bits per heavy atom. The molecule has 2 nitrogen and oxygen atoms in total. The lowest BCUT2D eigenvalue weighted by molar-refractivity contribution is -0.131. The van der Waals surface area contributed by atoms with Gasteiger partial charge in [-0.25, -0.2) is 4.79 Å². The lowest BCUT2D eigenvalue weighted by atomic mass is 10.0. The number of carboxylic acids is 1. The van der Waals surface area contributed by atoms with Crippen LogP contribution in [0.1, 0.15) is 29.9 Å². The van der Waals surface area contributed by atoms with Gasteiger partial charge < -0.3 is 5.11 Å². The zero-order valence-corrected chi connectivity index (χ0v) is 7.81. The molecule has 1 fully saturated rings. The molecule has 2 rings (SSSR count). The monoisotopic (exact) mass is 188 g/mol. The molecule has 1 N–H and O–H groups in total. The molecule has 1 saturated carbocycles. The van der Waals surface area contributed by atoms with Gasteiger partial charge in [-0.1, -0.05) is 24.3 Å². The summed E-state index contributed by atoms with van der Waals surface area (Å²) < 4.78 is 0. The van der Waals surface area contributed by atoms with Gasteiger partial charge in [-0.2, -0.15) is 0 Å². The Kier molecular flexibility index (Phi) is 2.35. The Balaban J connectivity index is 2.27. The molecule has 0 heterocycles. The summed E-state index contributed by atoms with van der Waals surface area (Å²) in [6.45, 7) is 0. The van der Waals surface area contributed by atoms with Gasteiger partial charge in [0.25, 0.3) is 0 Å². The van der Waals surface area contributed by atoms with Crippen molar-refractivity contribution >= 4 is 12.0 Å². The van der Waals surface area contributed by atoms with E-state index in [-0.39, 0.29) is 0 Å². The van der Waals surface area contributed by atoms with Gasteiger partial charge in [0.2, 0.25) is 0 Å². The minimum Gasteiger partial charge on any atom is -0.478 e. The number of benzene rings is 1. The molecular formula is C12H12O2. The van der Waals surface area contributed by atoms with Gasteiger partial charge in [0, 0.05) is 6.08 Å². The number of rotatable bonds is 3. The lowest BCUT2D eigenvalue weighted by Gasteiger charge is -2.02. The first-order chi connectivity index (χ1) is 6.77. The molecule has 1 aromatic rings. The van der Waals surface area contributed by atoms with Crippen molar-refractivity contribution in [3.63, 3.8) is 0 Å². The standard InChI is InChI=1S/C12H12O2/c13-12(14)8-7-9-3-1-2-4-11(9)10-5-6-10/h1-4,7-8,10H,5-6H2,(H,13,14)/b8-7+. The molecule has 0 bridgehead atoms. The molecule has 0 saturated heterocycles. The average Bonchev–Trinajstić information content (AvgIpc) is 2.98. The summed E-state index contributed by atoms with van der Waals surface area (Å²) in [6, 6.07) is 7.99. The predicted octanol–water partition coefficient (Wildman–Crippen LogP) is 2.66. The summed E-state index contributed by atoms with van der Waals surface area (Å²) in [5, 5.41) is 8.53. The molecule has 0 amide bonds. The third kappa shape index (κ3) is 2.02. The molecule has 0 radical (unpaired) electrons. The first kappa shape index (κ1) is 9.00. The first-order valence-electron chi connectivity index (χ1n) is 4.77. The SMILES string of the molecule is O=C(O)/C=C/c1ccccc1C1CC1. The molecule has 0 aliphatic heterocycles. The van der Waals surface area contributed by atoms with Crippen molar-refractivity contribution < 1.29 is 9.90 Å². The number of carbonyl (C=O) groups is 1. The van der Waals surface area contributed by atoms with Crippen molar-refractivity contribution in [2.24, 2.45) is 0 Å². The highest BCUT2D eigenvalue weighted by atomic mass is 16.4. The quantitative estimate of drug-likeness (QED) is 0.740. The average molecular weight is 188 g/mol. The van der Waals surface area contributed by atoms with Crippen molar-refractivity contribution in [3.8, 4) is 0 Å². The zero-order valence-electron chi connectivity index (χ0n) is 7.81. The minimum atomic E-state index is -0.893. The number of carboxylic acid groups (broad SMARTS) is 1. The maximum atomic E-state index is 10.4. The molecular weight excluding hydrogens is 176 g/mol. The Morgan fingerprint density at radius 2 is 2.07 bits per heavy atom. The Labute approximate surface area is 82.9 Å². The number of hydrogen-bond donors (Lipinski definition) is 1. The second-order valence-corrected chi connectivity index (χ2v) is 3.57. The fourth-order valence-electron chi connectivity index (χ4n) is 1.59. The van der Waals surface area contributed by atoms with Crippen LogP contribution in [0.2, 0.25) is 0 Å². The van der Waals surface area contributed by atoms with Crippen LogP contribution < -0.4 is 0 Å². The van der Waals surface area contributed by atoms with Crippen molar-refractivity contribution in [1.29, 1.82) is 0 Å². The van der Waals surface area contributed by atoms with Crippen LogP contribution in [0.5, 0.6) is 0 Å². The molecule has 1 aliphatic carbocycles. The van der Waals surface area contributed by atoms with Gasteiger partial charge in [-0.3, -0.25) is 0 Å². The maximum Gasteiger partial charge on any atom is 0.328 e. The van der Waals surface area contributed by atoms with E-state index in [1.54, 1.807) is 6.08 Å². The van der Waals surface area contributed by atoms with E-state index in [9.17, 15) is 4.79 Å². The van der Waals surface area contributed by atoms with Gasteiger partial charge in [-0.15, -0.1) is 0 Å². The van der Waals surface area contributed by atoms with Crippen LogP contribution in [-0.4, -0.2) is 11.1 Å². The molecule has 2 heteroatoms. The maximum absolute atomic E-state index is 10.4. The first-order valence-corrected chi connectivity index (χ1v) is 4.77. The summed E-state index contributed by atoms with van der Waals surface area (Å²) in [4.78, 5) is 10.4. The third-order valence-corrected chi connectivity index (χ3v) is 2.42. The van der Waals surface area contributed by atoms with Crippen molar-refractivity contribution in [2.75, 3.05) is 0 Å². The molecule has 72 valence electrons. The lowest BCUT2D eigenvalue weighted by Crippen LogP contribution is -1.88. The largest absolute Gasteiger partial charge is 0.478 e. The van der Waals surface area contributed by atoms with E-state index in [1.807, 2.05) is 18.2 Å². The van der Waals surface area contributed by atoms with Gasteiger partial charge in [0.05, 0.1) is 0 Å². The summed E-state index contributed by atoms with van der Waals surface area (Å²) in [5.74, 6) is -0.236. The van der Waals surface area contributed by atoms with Gasteiger partial charge in [-0.05, 0) is 36.0 Å². The molecule has 0 spiro atoms.